The number of benzene rings is 1. The Morgan fingerprint density at radius 1 is 1.04 bits per heavy atom. The van der Waals surface area contributed by atoms with Crippen molar-refractivity contribution in [1.29, 1.82) is 0 Å². The van der Waals surface area contributed by atoms with E-state index in [9.17, 15) is 5.11 Å². The molecule has 2 N–H and O–H groups in total. The van der Waals surface area contributed by atoms with E-state index < -0.39 is 0 Å². The summed E-state index contributed by atoms with van der Waals surface area (Å²) in [5.41, 5.74) is 1.20. The van der Waals surface area contributed by atoms with Crippen LogP contribution in [0.1, 0.15) is 44.1 Å². The van der Waals surface area contributed by atoms with Gasteiger partial charge in [0, 0.05) is 18.6 Å². The van der Waals surface area contributed by atoms with E-state index in [2.05, 4.69) is 34.5 Å². The summed E-state index contributed by atoms with van der Waals surface area (Å²) in [5.74, 6) is 0.950. The molecule has 0 aromatic heterocycles. The minimum atomic E-state index is -0.0507. The third kappa shape index (κ3) is 4.69. The number of hydrogen-bond acceptors (Lipinski definition) is 4. The fourth-order valence-electron chi connectivity index (χ4n) is 3.73. The zero-order valence-electron chi connectivity index (χ0n) is 14.1. The largest absolute Gasteiger partial charge is 0.492 e. The Labute approximate surface area is 139 Å². The van der Waals surface area contributed by atoms with Crippen molar-refractivity contribution in [2.24, 2.45) is 0 Å². The van der Waals surface area contributed by atoms with Crippen molar-refractivity contribution < 1.29 is 9.84 Å². The molecular weight excluding hydrogens is 288 g/mol. The summed E-state index contributed by atoms with van der Waals surface area (Å²) in [6, 6.07) is 8.36. The van der Waals surface area contributed by atoms with Gasteiger partial charge in [0.1, 0.15) is 12.4 Å². The standard InChI is InChI=1S/C19H30N2O2/c22-16-19(9-1-2-10-19)20-15-17-5-7-18(8-6-17)23-14-13-21-11-3-4-12-21/h5-8,20,22H,1-4,9-16H2. The van der Waals surface area contributed by atoms with Crippen LogP contribution < -0.4 is 10.1 Å². The van der Waals surface area contributed by atoms with Crippen LogP contribution in [0.2, 0.25) is 0 Å². The van der Waals surface area contributed by atoms with Crippen LogP contribution in [0.5, 0.6) is 5.75 Å². The first-order valence-corrected chi connectivity index (χ1v) is 9.10. The Bertz CT molecular complexity index is 463. The Hall–Kier alpha value is -1.10. The van der Waals surface area contributed by atoms with Crippen LogP contribution in [-0.2, 0) is 6.54 Å². The van der Waals surface area contributed by atoms with Gasteiger partial charge in [0.05, 0.1) is 6.61 Å². The molecule has 4 heteroatoms. The predicted octanol–water partition coefficient (Wildman–Crippen LogP) is 2.56. The van der Waals surface area contributed by atoms with Crippen LogP contribution in [0.15, 0.2) is 24.3 Å². The van der Waals surface area contributed by atoms with Crippen molar-refractivity contribution in [2.45, 2.75) is 50.6 Å². The van der Waals surface area contributed by atoms with Crippen molar-refractivity contribution >= 4 is 0 Å². The molecule has 0 radical (unpaired) electrons. The van der Waals surface area contributed by atoms with Crippen LogP contribution in [-0.4, -0.2) is 48.4 Å². The Kier molecular flexibility index (Phi) is 5.92. The molecule has 2 fully saturated rings. The van der Waals surface area contributed by atoms with Gasteiger partial charge in [-0.3, -0.25) is 4.90 Å². The van der Waals surface area contributed by atoms with Crippen LogP contribution in [0.4, 0.5) is 0 Å². The van der Waals surface area contributed by atoms with Crippen LogP contribution in [0, 0.1) is 0 Å². The van der Waals surface area contributed by atoms with Gasteiger partial charge in [0.25, 0.3) is 0 Å². The fourth-order valence-corrected chi connectivity index (χ4v) is 3.73. The Morgan fingerprint density at radius 2 is 1.74 bits per heavy atom. The van der Waals surface area contributed by atoms with E-state index >= 15 is 0 Å². The van der Waals surface area contributed by atoms with Gasteiger partial charge in [0.15, 0.2) is 0 Å². The maximum atomic E-state index is 9.64. The second-order valence-corrected chi connectivity index (χ2v) is 7.04. The molecule has 128 valence electrons. The molecule has 0 atom stereocenters. The lowest BCUT2D eigenvalue weighted by molar-refractivity contribution is 0.163. The van der Waals surface area contributed by atoms with Crippen LogP contribution in [0.3, 0.4) is 0 Å². The van der Waals surface area contributed by atoms with Crippen molar-refractivity contribution in [3.8, 4) is 5.75 Å². The number of aliphatic hydroxyl groups is 1. The maximum absolute atomic E-state index is 9.64. The highest BCUT2D eigenvalue weighted by Crippen LogP contribution is 2.29. The minimum absolute atomic E-state index is 0.0507. The van der Waals surface area contributed by atoms with E-state index in [-0.39, 0.29) is 12.1 Å². The van der Waals surface area contributed by atoms with E-state index in [0.717, 1.165) is 38.3 Å². The second kappa shape index (κ2) is 8.13. The van der Waals surface area contributed by atoms with Gasteiger partial charge in [-0.05, 0) is 56.5 Å². The number of ether oxygens (including phenoxy) is 1. The number of likely N-dealkylation sites (tertiary alicyclic amines) is 1. The minimum Gasteiger partial charge on any atom is -0.492 e. The first-order chi connectivity index (χ1) is 11.3. The predicted molar refractivity (Wildman–Crippen MR) is 92.7 cm³/mol. The molecule has 1 aromatic rings. The van der Waals surface area contributed by atoms with Gasteiger partial charge >= 0.3 is 0 Å². The molecule has 1 saturated heterocycles. The fraction of sp³-hybridized carbons (Fsp3) is 0.684. The summed E-state index contributed by atoms with van der Waals surface area (Å²) in [4.78, 5) is 2.47. The molecule has 1 aromatic carbocycles. The molecule has 0 spiro atoms. The van der Waals surface area contributed by atoms with Crippen molar-refractivity contribution in [3.05, 3.63) is 29.8 Å². The molecule has 4 nitrogen and oxygen atoms in total. The van der Waals surface area contributed by atoms with E-state index in [0.29, 0.717) is 0 Å². The normalized spacial score (nSPS) is 20.9. The lowest BCUT2D eigenvalue weighted by Gasteiger charge is -2.28. The van der Waals surface area contributed by atoms with Crippen LogP contribution >= 0.6 is 0 Å². The van der Waals surface area contributed by atoms with Gasteiger partial charge in [-0.15, -0.1) is 0 Å². The second-order valence-electron chi connectivity index (χ2n) is 7.04. The van der Waals surface area contributed by atoms with Crippen molar-refractivity contribution in [1.82, 2.24) is 10.2 Å². The number of nitrogens with zero attached hydrogens (tertiary/aromatic N) is 1. The molecule has 0 unspecified atom stereocenters. The summed E-state index contributed by atoms with van der Waals surface area (Å²) in [7, 11) is 0. The summed E-state index contributed by atoms with van der Waals surface area (Å²) in [6.07, 6.45) is 7.27. The van der Waals surface area contributed by atoms with Crippen molar-refractivity contribution in [2.75, 3.05) is 32.8 Å². The quantitative estimate of drug-likeness (QED) is 0.773. The van der Waals surface area contributed by atoms with Crippen molar-refractivity contribution in [3.63, 3.8) is 0 Å². The first kappa shape index (κ1) is 16.7. The van der Waals surface area contributed by atoms with E-state index in [1.165, 1.54) is 44.3 Å². The number of hydrogen-bond donors (Lipinski definition) is 2. The molecule has 0 amide bonds. The number of nitrogens with one attached hydrogen (secondary N) is 1. The topological polar surface area (TPSA) is 44.7 Å². The lowest BCUT2D eigenvalue weighted by atomic mass is 9.98. The van der Waals surface area contributed by atoms with E-state index in [1.54, 1.807) is 0 Å². The van der Waals surface area contributed by atoms with E-state index in [4.69, 9.17) is 4.74 Å². The molecular formula is C19H30N2O2. The molecule has 23 heavy (non-hydrogen) atoms. The van der Waals surface area contributed by atoms with Crippen LogP contribution in [0.25, 0.3) is 0 Å². The van der Waals surface area contributed by atoms with E-state index in [1.807, 2.05) is 0 Å². The number of rotatable bonds is 8. The smallest absolute Gasteiger partial charge is 0.119 e. The summed E-state index contributed by atoms with van der Waals surface area (Å²) < 4.78 is 5.84. The lowest BCUT2D eigenvalue weighted by Crippen LogP contribution is -2.45. The molecule has 0 bridgehead atoms. The molecule has 1 heterocycles. The zero-order chi connectivity index (χ0) is 16.0. The average molecular weight is 318 g/mol. The van der Waals surface area contributed by atoms with Gasteiger partial charge in [0.2, 0.25) is 0 Å². The maximum Gasteiger partial charge on any atom is 0.119 e. The highest BCUT2D eigenvalue weighted by molar-refractivity contribution is 5.27. The van der Waals surface area contributed by atoms with Gasteiger partial charge in [-0.2, -0.15) is 0 Å². The summed E-state index contributed by atoms with van der Waals surface area (Å²) in [6.45, 7) is 5.30. The highest BCUT2D eigenvalue weighted by Gasteiger charge is 2.32. The monoisotopic (exact) mass is 318 g/mol. The average Bonchev–Trinajstić information content (AvgIpc) is 3.26. The van der Waals surface area contributed by atoms with Gasteiger partial charge in [-0.1, -0.05) is 25.0 Å². The molecule has 1 aliphatic heterocycles. The third-order valence-corrected chi connectivity index (χ3v) is 5.33. The Morgan fingerprint density at radius 3 is 2.39 bits per heavy atom. The summed E-state index contributed by atoms with van der Waals surface area (Å²) in [5, 5.41) is 13.2. The number of aliphatic hydroxyl groups excluding tert-OH is 1. The zero-order valence-corrected chi connectivity index (χ0v) is 14.1. The molecule has 3 rings (SSSR count). The van der Waals surface area contributed by atoms with Gasteiger partial charge < -0.3 is 15.2 Å². The first-order valence-electron chi connectivity index (χ1n) is 9.10. The molecule has 1 saturated carbocycles. The summed E-state index contributed by atoms with van der Waals surface area (Å²) >= 11 is 0. The molecule has 2 aliphatic rings. The molecule has 1 aliphatic carbocycles. The third-order valence-electron chi connectivity index (χ3n) is 5.33. The SMILES string of the molecule is OCC1(NCc2ccc(OCCN3CCCC3)cc2)CCCC1. The van der Waals surface area contributed by atoms with Gasteiger partial charge in [-0.25, -0.2) is 0 Å². The highest BCUT2D eigenvalue weighted by atomic mass is 16.5. The Balaban J connectivity index is 1.41.